The van der Waals surface area contributed by atoms with E-state index in [9.17, 15) is 14.5 Å². The fourth-order valence-corrected chi connectivity index (χ4v) is 2.01. The van der Waals surface area contributed by atoms with Gasteiger partial charge in [0.2, 0.25) is 0 Å². The van der Waals surface area contributed by atoms with Crippen molar-refractivity contribution in [2.45, 2.75) is 6.42 Å². The van der Waals surface area contributed by atoms with Gasteiger partial charge >= 0.3 is 0 Å². The first-order chi connectivity index (χ1) is 8.99. The second-order valence-electron chi connectivity index (χ2n) is 4.03. The lowest BCUT2D eigenvalue weighted by atomic mass is 10.0. The molecule has 0 aliphatic heterocycles. The van der Waals surface area contributed by atoms with Crippen molar-refractivity contribution in [3.63, 3.8) is 0 Å². The first-order valence-electron chi connectivity index (χ1n) is 5.44. The number of nitrogen functional groups attached to an aromatic ring is 1. The van der Waals surface area contributed by atoms with Crippen LogP contribution in [0.2, 0.25) is 0 Å². The molecule has 0 aliphatic carbocycles. The van der Waals surface area contributed by atoms with E-state index in [1.807, 2.05) is 24.3 Å². The molecule has 2 N–H and O–H groups in total. The van der Waals surface area contributed by atoms with Crippen LogP contribution in [0.25, 0.3) is 0 Å². The lowest BCUT2D eigenvalue weighted by Crippen LogP contribution is -2.02. The minimum absolute atomic E-state index is 0.335. The van der Waals surface area contributed by atoms with Crippen molar-refractivity contribution in [2.75, 3.05) is 5.73 Å². The van der Waals surface area contributed by atoms with Gasteiger partial charge < -0.3 is 5.73 Å². The molecule has 2 rings (SSSR count). The number of rotatable bonds is 3. The molecule has 98 valence electrons. The van der Waals surface area contributed by atoms with Gasteiger partial charge in [-0.3, -0.25) is 10.1 Å². The summed E-state index contributed by atoms with van der Waals surface area (Å²) in [7, 11) is 0. The van der Waals surface area contributed by atoms with Crippen molar-refractivity contribution < 1.29 is 9.31 Å². The van der Waals surface area contributed by atoms with Gasteiger partial charge in [0.15, 0.2) is 5.82 Å². The van der Waals surface area contributed by atoms with Gasteiger partial charge in [0.25, 0.3) is 5.69 Å². The van der Waals surface area contributed by atoms with Gasteiger partial charge in [0, 0.05) is 17.0 Å². The summed E-state index contributed by atoms with van der Waals surface area (Å²) >= 11 is 3.31. The van der Waals surface area contributed by atoms with Gasteiger partial charge in [-0.05, 0) is 29.3 Å². The van der Waals surface area contributed by atoms with Gasteiger partial charge in [-0.1, -0.05) is 28.1 Å². The third kappa shape index (κ3) is 2.90. The number of nitrogens with zero attached hydrogens (tertiary/aromatic N) is 1. The first-order valence-corrected chi connectivity index (χ1v) is 6.24. The Balaban J connectivity index is 2.34. The molecular formula is C13H10BrFN2O2. The van der Waals surface area contributed by atoms with Crippen LogP contribution in [0.5, 0.6) is 0 Å². The smallest absolute Gasteiger partial charge is 0.295 e. The van der Waals surface area contributed by atoms with E-state index in [2.05, 4.69) is 15.9 Å². The fraction of sp³-hybridized carbons (Fsp3) is 0.0769. The van der Waals surface area contributed by atoms with Gasteiger partial charge in [-0.15, -0.1) is 0 Å². The van der Waals surface area contributed by atoms with Crippen molar-refractivity contribution in [1.82, 2.24) is 0 Å². The lowest BCUT2D eigenvalue weighted by molar-refractivity contribution is -0.384. The zero-order valence-electron chi connectivity index (χ0n) is 9.77. The highest BCUT2D eigenvalue weighted by Crippen LogP contribution is 2.28. The van der Waals surface area contributed by atoms with Crippen molar-refractivity contribution >= 4 is 27.3 Å². The van der Waals surface area contributed by atoms with Crippen LogP contribution in [0.3, 0.4) is 0 Å². The monoisotopic (exact) mass is 324 g/mol. The number of hydrogen-bond donors (Lipinski definition) is 1. The zero-order chi connectivity index (χ0) is 14.0. The van der Waals surface area contributed by atoms with Crippen LogP contribution in [-0.4, -0.2) is 4.92 Å². The Morgan fingerprint density at radius 2 is 1.84 bits per heavy atom. The molecule has 0 fully saturated rings. The second-order valence-corrected chi connectivity index (χ2v) is 4.95. The SMILES string of the molecule is Nc1c([N+](=O)[O-])ccc(Cc2ccc(Br)cc2)c1F. The Bertz CT molecular complexity index is 629. The van der Waals surface area contributed by atoms with Crippen LogP contribution >= 0.6 is 15.9 Å². The Morgan fingerprint density at radius 3 is 2.42 bits per heavy atom. The molecule has 0 amide bonds. The minimum atomic E-state index is -0.725. The van der Waals surface area contributed by atoms with Crippen LogP contribution in [0.1, 0.15) is 11.1 Å². The number of nitro benzene ring substituents is 1. The minimum Gasteiger partial charge on any atom is -0.391 e. The molecule has 0 aliphatic rings. The van der Waals surface area contributed by atoms with E-state index in [0.29, 0.717) is 12.0 Å². The summed E-state index contributed by atoms with van der Waals surface area (Å²) in [6.07, 6.45) is 0.335. The maximum absolute atomic E-state index is 13.9. The summed E-state index contributed by atoms with van der Waals surface area (Å²) < 4.78 is 14.9. The maximum atomic E-state index is 13.9. The largest absolute Gasteiger partial charge is 0.391 e. The second kappa shape index (κ2) is 5.36. The number of anilines is 1. The molecule has 2 aromatic carbocycles. The molecule has 6 heteroatoms. The molecule has 0 bridgehead atoms. The van der Waals surface area contributed by atoms with Crippen molar-refractivity contribution in [3.8, 4) is 0 Å². The van der Waals surface area contributed by atoms with E-state index in [1.54, 1.807) is 0 Å². The Labute approximate surface area is 117 Å². The molecule has 0 atom stereocenters. The van der Waals surface area contributed by atoms with Crippen LogP contribution < -0.4 is 5.73 Å². The van der Waals surface area contributed by atoms with Gasteiger partial charge in [-0.2, -0.15) is 0 Å². The molecule has 4 nitrogen and oxygen atoms in total. The molecule has 0 unspecified atom stereocenters. The fourth-order valence-electron chi connectivity index (χ4n) is 1.75. The summed E-state index contributed by atoms with van der Waals surface area (Å²) in [4.78, 5) is 9.94. The number of benzene rings is 2. The molecule has 0 saturated heterocycles. The highest BCUT2D eigenvalue weighted by atomic mass is 79.9. The van der Waals surface area contributed by atoms with E-state index >= 15 is 0 Å². The van der Waals surface area contributed by atoms with Crippen LogP contribution in [0.4, 0.5) is 15.8 Å². The Hall–Kier alpha value is -1.95. The van der Waals surface area contributed by atoms with E-state index in [0.717, 1.165) is 10.0 Å². The molecule has 0 radical (unpaired) electrons. The predicted molar refractivity (Wildman–Crippen MR) is 74.4 cm³/mol. The summed E-state index contributed by atoms with van der Waals surface area (Å²) in [5.41, 5.74) is 5.85. The van der Waals surface area contributed by atoms with E-state index in [-0.39, 0.29) is 0 Å². The van der Waals surface area contributed by atoms with Crippen LogP contribution in [-0.2, 0) is 6.42 Å². The summed E-state index contributed by atoms with van der Waals surface area (Å²) in [6, 6.07) is 10.0. The molecule has 19 heavy (non-hydrogen) atoms. The van der Waals surface area contributed by atoms with E-state index in [4.69, 9.17) is 5.73 Å². The third-order valence-corrected chi connectivity index (χ3v) is 3.27. The Kier molecular flexibility index (Phi) is 3.80. The van der Waals surface area contributed by atoms with Gasteiger partial charge in [0.1, 0.15) is 5.69 Å². The molecule has 2 aromatic rings. The standard InChI is InChI=1S/C13H10BrFN2O2/c14-10-4-1-8(2-5-10)7-9-3-6-11(17(18)19)13(16)12(9)15/h1-6H,7,16H2. The molecule has 0 aromatic heterocycles. The number of nitro groups is 1. The highest BCUT2D eigenvalue weighted by molar-refractivity contribution is 9.10. The average Bonchev–Trinajstić information content (AvgIpc) is 2.37. The maximum Gasteiger partial charge on any atom is 0.295 e. The number of nitrogens with two attached hydrogens (primary N) is 1. The highest BCUT2D eigenvalue weighted by Gasteiger charge is 2.18. The molecular weight excluding hydrogens is 315 g/mol. The number of halogens is 2. The van der Waals surface area contributed by atoms with Gasteiger partial charge in [0.05, 0.1) is 4.92 Å². The predicted octanol–water partition coefficient (Wildman–Crippen LogP) is 3.67. The molecule has 0 saturated carbocycles. The lowest BCUT2D eigenvalue weighted by Gasteiger charge is -2.06. The zero-order valence-corrected chi connectivity index (χ0v) is 11.4. The first kappa shape index (κ1) is 13.5. The van der Waals surface area contributed by atoms with Crippen LogP contribution in [0.15, 0.2) is 40.9 Å². The van der Waals surface area contributed by atoms with Gasteiger partial charge in [-0.25, -0.2) is 4.39 Å². The van der Waals surface area contributed by atoms with Crippen molar-refractivity contribution in [3.05, 3.63) is 67.9 Å². The quantitative estimate of drug-likeness (QED) is 0.532. The van der Waals surface area contributed by atoms with E-state index < -0.39 is 22.1 Å². The molecule has 0 spiro atoms. The van der Waals surface area contributed by atoms with Crippen LogP contribution in [0, 0.1) is 15.9 Å². The van der Waals surface area contributed by atoms with Crippen molar-refractivity contribution in [2.24, 2.45) is 0 Å². The van der Waals surface area contributed by atoms with E-state index in [1.165, 1.54) is 12.1 Å². The average molecular weight is 325 g/mol. The summed E-state index contributed by atoms with van der Waals surface area (Å²) in [6.45, 7) is 0. The topological polar surface area (TPSA) is 69.2 Å². The Morgan fingerprint density at radius 1 is 1.21 bits per heavy atom. The summed E-state index contributed by atoms with van der Waals surface area (Å²) in [5.74, 6) is -0.725. The normalized spacial score (nSPS) is 10.4. The number of hydrogen-bond acceptors (Lipinski definition) is 3. The third-order valence-electron chi connectivity index (χ3n) is 2.74. The molecule has 0 heterocycles. The van der Waals surface area contributed by atoms with Crippen molar-refractivity contribution in [1.29, 1.82) is 0 Å². The summed E-state index contributed by atoms with van der Waals surface area (Å²) in [5, 5.41) is 10.6.